The highest BCUT2D eigenvalue weighted by molar-refractivity contribution is 5.90. The number of methoxy groups -OCH3 is 1. The van der Waals surface area contributed by atoms with E-state index in [-0.39, 0.29) is 0 Å². The lowest BCUT2D eigenvalue weighted by Crippen LogP contribution is -2.04. The van der Waals surface area contributed by atoms with E-state index in [1.165, 1.54) is 0 Å². The Labute approximate surface area is 45.4 Å². The van der Waals surface area contributed by atoms with Gasteiger partial charge in [0.2, 0.25) is 0 Å². The van der Waals surface area contributed by atoms with Crippen LogP contribution in [0.3, 0.4) is 0 Å². The summed E-state index contributed by atoms with van der Waals surface area (Å²) >= 11 is 0. The SMILES string of the molecule is COC(=O)CC(=O)F. The van der Waals surface area contributed by atoms with Gasteiger partial charge >= 0.3 is 12.0 Å². The monoisotopic (exact) mass is 120 g/mol. The lowest BCUT2D eigenvalue weighted by molar-refractivity contribution is -0.146. The molecule has 3 nitrogen and oxygen atoms in total. The quantitative estimate of drug-likeness (QED) is 0.293. The van der Waals surface area contributed by atoms with Crippen molar-refractivity contribution in [3.63, 3.8) is 0 Å². The molecule has 0 heterocycles. The minimum absolute atomic E-state index is 0.781. The highest BCUT2D eigenvalue weighted by Crippen LogP contribution is 1.85. The number of hydrogen-bond acceptors (Lipinski definition) is 3. The Hall–Kier alpha value is -0.930. The van der Waals surface area contributed by atoms with Crippen LogP contribution >= 0.6 is 0 Å². The largest absolute Gasteiger partial charge is 0.469 e. The van der Waals surface area contributed by atoms with E-state index in [4.69, 9.17) is 0 Å². The van der Waals surface area contributed by atoms with Gasteiger partial charge in [-0.05, 0) is 0 Å². The molecule has 0 radical (unpaired) electrons. The summed E-state index contributed by atoms with van der Waals surface area (Å²) in [5.74, 6) is -0.850. The second kappa shape index (κ2) is 3.12. The van der Waals surface area contributed by atoms with Crippen molar-refractivity contribution in [3.8, 4) is 0 Å². The molecule has 0 aromatic heterocycles. The van der Waals surface area contributed by atoms with Crippen molar-refractivity contribution >= 4 is 12.0 Å². The first-order valence-electron chi connectivity index (χ1n) is 1.92. The normalized spacial score (nSPS) is 8.25. The molecule has 0 aromatic carbocycles. The summed E-state index contributed by atoms with van der Waals surface area (Å²) in [5.41, 5.74) is 0. The Morgan fingerprint density at radius 1 is 1.62 bits per heavy atom. The van der Waals surface area contributed by atoms with Crippen LogP contribution in [0, 0.1) is 0 Å². The van der Waals surface area contributed by atoms with E-state index in [9.17, 15) is 14.0 Å². The smallest absolute Gasteiger partial charge is 0.315 e. The molecule has 8 heavy (non-hydrogen) atoms. The number of carbonyl (C=O) groups is 2. The van der Waals surface area contributed by atoms with E-state index in [0.29, 0.717) is 0 Å². The van der Waals surface area contributed by atoms with E-state index in [1.807, 2.05) is 0 Å². The molecule has 0 rings (SSSR count). The molecule has 0 bridgehead atoms. The second-order valence-electron chi connectivity index (χ2n) is 1.11. The van der Waals surface area contributed by atoms with Crippen LogP contribution in [-0.2, 0) is 14.3 Å². The maximum atomic E-state index is 11.2. The molecule has 46 valence electrons. The molecular formula is C4H5FO3. The summed E-state index contributed by atoms with van der Waals surface area (Å²) in [4.78, 5) is 19.4. The fraction of sp³-hybridized carbons (Fsp3) is 0.500. The maximum absolute atomic E-state index is 11.2. The predicted octanol–water partition coefficient (Wildman–Crippen LogP) is 0.0456. The Morgan fingerprint density at radius 3 is 2.25 bits per heavy atom. The fourth-order valence-electron chi connectivity index (χ4n) is 0.186. The van der Waals surface area contributed by atoms with E-state index < -0.39 is 18.4 Å². The summed E-state index contributed by atoms with van der Waals surface area (Å²) in [5, 5.41) is 0. The third kappa shape index (κ3) is 3.27. The number of ether oxygens (including phenoxy) is 1. The lowest BCUT2D eigenvalue weighted by Gasteiger charge is -1.88. The summed E-state index contributed by atoms with van der Waals surface area (Å²) in [6.45, 7) is 0. The van der Waals surface area contributed by atoms with Crippen molar-refractivity contribution in [1.82, 2.24) is 0 Å². The van der Waals surface area contributed by atoms with Gasteiger partial charge in [0.05, 0.1) is 7.11 Å². The highest BCUT2D eigenvalue weighted by atomic mass is 19.1. The minimum Gasteiger partial charge on any atom is -0.469 e. The molecule has 0 fully saturated rings. The van der Waals surface area contributed by atoms with Crippen LogP contribution in [0.25, 0.3) is 0 Å². The van der Waals surface area contributed by atoms with Crippen molar-refractivity contribution in [2.45, 2.75) is 6.42 Å². The van der Waals surface area contributed by atoms with Crippen LogP contribution in [0.5, 0.6) is 0 Å². The van der Waals surface area contributed by atoms with Gasteiger partial charge in [-0.1, -0.05) is 0 Å². The number of hydrogen-bond donors (Lipinski definition) is 0. The maximum Gasteiger partial charge on any atom is 0.315 e. The zero-order valence-corrected chi connectivity index (χ0v) is 4.31. The van der Waals surface area contributed by atoms with Crippen molar-refractivity contribution in [2.75, 3.05) is 7.11 Å². The molecule has 0 saturated carbocycles. The van der Waals surface area contributed by atoms with Crippen LogP contribution in [0.1, 0.15) is 6.42 Å². The number of esters is 1. The highest BCUT2D eigenvalue weighted by Gasteiger charge is 2.05. The van der Waals surface area contributed by atoms with Crippen molar-refractivity contribution < 1.29 is 18.7 Å². The van der Waals surface area contributed by atoms with Gasteiger partial charge in [-0.25, -0.2) is 0 Å². The van der Waals surface area contributed by atoms with E-state index >= 15 is 0 Å². The molecule has 0 aliphatic carbocycles. The molecule has 0 saturated heterocycles. The first-order valence-corrected chi connectivity index (χ1v) is 1.92. The van der Waals surface area contributed by atoms with Crippen LogP contribution in [0.2, 0.25) is 0 Å². The molecular weight excluding hydrogens is 115 g/mol. The topological polar surface area (TPSA) is 43.4 Å². The average Bonchev–Trinajstić information content (AvgIpc) is 1.65. The van der Waals surface area contributed by atoms with Gasteiger partial charge in [0, 0.05) is 0 Å². The van der Waals surface area contributed by atoms with Gasteiger partial charge in [0.15, 0.2) is 0 Å². The van der Waals surface area contributed by atoms with Gasteiger partial charge < -0.3 is 4.74 Å². The van der Waals surface area contributed by atoms with Gasteiger partial charge in [-0.3, -0.25) is 9.59 Å². The standard InChI is InChI=1S/C4H5FO3/c1-8-4(7)2-3(5)6/h2H2,1H3. The van der Waals surface area contributed by atoms with E-state index in [0.717, 1.165) is 7.11 Å². The predicted molar refractivity (Wildman–Crippen MR) is 22.7 cm³/mol. The lowest BCUT2D eigenvalue weighted by atomic mass is 10.5. The van der Waals surface area contributed by atoms with Crippen LogP contribution in [-0.4, -0.2) is 19.1 Å². The van der Waals surface area contributed by atoms with Gasteiger partial charge in [-0.2, -0.15) is 4.39 Å². The number of halogens is 1. The zero-order chi connectivity index (χ0) is 6.57. The molecule has 0 atom stereocenters. The number of carbonyl (C=O) groups excluding carboxylic acids is 2. The number of rotatable bonds is 2. The minimum atomic E-state index is -1.67. The Kier molecular flexibility index (Phi) is 2.76. The second-order valence-corrected chi connectivity index (χ2v) is 1.11. The van der Waals surface area contributed by atoms with E-state index in [2.05, 4.69) is 4.74 Å². The molecule has 0 unspecified atom stereocenters. The third-order valence-electron chi connectivity index (χ3n) is 0.511. The van der Waals surface area contributed by atoms with Crippen LogP contribution in [0.15, 0.2) is 0 Å². The molecule has 0 aromatic rings. The molecule has 0 spiro atoms. The Morgan fingerprint density at radius 2 is 2.12 bits per heavy atom. The zero-order valence-electron chi connectivity index (χ0n) is 4.31. The Balaban J connectivity index is 3.40. The Bertz CT molecular complexity index is 110. The fourth-order valence-corrected chi connectivity index (χ4v) is 0.186. The third-order valence-corrected chi connectivity index (χ3v) is 0.511. The van der Waals surface area contributed by atoms with Crippen molar-refractivity contribution in [2.24, 2.45) is 0 Å². The van der Waals surface area contributed by atoms with Gasteiger partial charge in [0.25, 0.3) is 0 Å². The van der Waals surface area contributed by atoms with Crippen LogP contribution in [0.4, 0.5) is 4.39 Å². The average molecular weight is 120 g/mol. The van der Waals surface area contributed by atoms with Gasteiger partial charge in [0.1, 0.15) is 6.42 Å². The van der Waals surface area contributed by atoms with Crippen molar-refractivity contribution in [3.05, 3.63) is 0 Å². The first kappa shape index (κ1) is 7.07. The molecule has 0 N–H and O–H groups in total. The van der Waals surface area contributed by atoms with Gasteiger partial charge in [-0.15, -0.1) is 0 Å². The summed E-state index contributed by atoms with van der Waals surface area (Å²) in [6, 6.07) is -1.67. The summed E-state index contributed by atoms with van der Waals surface area (Å²) < 4.78 is 15.2. The molecule has 4 heteroatoms. The summed E-state index contributed by atoms with van der Waals surface area (Å²) in [7, 11) is 1.09. The molecule has 0 aliphatic rings. The molecule has 0 aliphatic heterocycles. The first-order chi connectivity index (χ1) is 3.66. The van der Waals surface area contributed by atoms with Crippen molar-refractivity contribution in [1.29, 1.82) is 0 Å². The molecule has 0 amide bonds. The van der Waals surface area contributed by atoms with E-state index in [1.54, 1.807) is 0 Å². The van der Waals surface area contributed by atoms with Crippen LogP contribution < -0.4 is 0 Å². The summed E-state index contributed by atoms with van der Waals surface area (Å²) in [6.07, 6.45) is -0.781.